The van der Waals surface area contributed by atoms with Crippen molar-refractivity contribution >= 4 is 15.9 Å². The van der Waals surface area contributed by atoms with E-state index in [0.717, 1.165) is 50.5 Å². The molecule has 8 heteroatoms. The molecule has 1 atom stereocenters. The smallest absolute Gasteiger partial charge is 0.254 e. The number of likely N-dealkylation sites (tertiary alicyclic amines) is 1. The first-order valence-electron chi connectivity index (χ1n) is 12.0. The van der Waals surface area contributed by atoms with Crippen molar-refractivity contribution in [3.63, 3.8) is 0 Å². The van der Waals surface area contributed by atoms with Crippen LogP contribution >= 0.6 is 0 Å². The molecule has 1 saturated carbocycles. The van der Waals surface area contributed by atoms with Crippen LogP contribution in [0.15, 0.2) is 47.4 Å². The number of hydrogen-bond donors (Lipinski definition) is 0. The van der Waals surface area contributed by atoms with Crippen LogP contribution < -0.4 is 9.47 Å². The summed E-state index contributed by atoms with van der Waals surface area (Å²) in [6, 6.07) is 12.0. The average Bonchev–Trinajstić information content (AvgIpc) is 3.37. The molecule has 1 heterocycles. The normalized spacial score (nSPS) is 19.4. The van der Waals surface area contributed by atoms with Crippen LogP contribution in [-0.2, 0) is 10.0 Å². The zero-order valence-corrected chi connectivity index (χ0v) is 21.0. The third-order valence-electron chi connectivity index (χ3n) is 7.16. The van der Waals surface area contributed by atoms with E-state index in [-0.39, 0.29) is 22.9 Å². The highest BCUT2D eigenvalue weighted by atomic mass is 32.2. The largest absolute Gasteiger partial charge is 0.497 e. The lowest BCUT2D eigenvalue weighted by molar-refractivity contribution is 0.0734. The number of ether oxygens (including phenoxy) is 2. The number of methoxy groups -OCH3 is 2. The monoisotopic (exact) mass is 486 g/mol. The highest BCUT2D eigenvalue weighted by Gasteiger charge is 2.34. The first kappa shape index (κ1) is 24.5. The van der Waals surface area contributed by atoms with E-state index in [9.17, 15) is 13.2 Å². The van der Waals surface area contributed by atoms with E-state index in [1.165, 1.54) is 10.4 Å². The second-order valence-electron chi connectivity index (χ2n) is 9.11. The van der Waals surface area contributed by atoms with Crippen molar-refractivity contribution in [2.24, 2.45) is 0 Å². The molecule has 4 rings (SSSR count). The molecule has 1 amide bonds. The molecule has 0 spiro atoms. The minimum atomic E-state index is -3.67. The van der Waals surface area contributed by atoms with Crippen molar-refractivity contribution in [1.82, 2.24) is 9.21 Å². The Morgan fingerprint density at radius 3 is 2.44 bits per heavy atom. The van der Waals surface area contributed by atoms with E-state index >= 15 is 0 Å². The standard InChI is InChI=1S/C26H34N2O5S/c1-27(20-10-5-4-6-11-20)34(30,31)22-12-7-9-19(17-22)26(29)28-16-8-13-24(28)23-15-14-21(32-2)18-25(23)33-3/h7,9,12,14-15,17-18,20,24H,4-6,8,10-11,13,16H2,1-3H3. The van der Waals surface area contributed by atoms with Gasteiger partial charge in [0.25, 0.3) is 5.91 Å². The van der Waals surface area contributed by atoms with Gasteiger partial charge >= 0.3 is 0 Å². The van der Waals surface area contributed by atoms with Crippen molar-refractivity contribution < 1.29 is 22.7 Å². The number of carbonyl (C=O) groups is 1. The number of amides is 1. The Labute approximate surface area is 202 Å². The number of carbonyl (C=O) groups excluding carboxylic acids is 1. The molecule has 0 N–H and O–H groups in total. The molecule has 184 valence electrons. The summed E-state index contributed by atoms with van der Waals surface area (Å²) in [6.45, 7) is 0.609. The van der Waals surface area contributed by atoms with Gasteiger partial charge in [0.1, 0.15) is 11.5 Å². The van der Waals surface area contributed by atoms with Gasteiger partial charge in [0.05, 0.1) is 25.2 Å². The van der Waals surface area contributed by atoms with Gasteiger partial charge in [-0.1, -0.05) is 25.3 Å². The Kier molecular flexibility index (Phi) is 7.48. The molecule has 34 heavy (non-hydrogen) atoms. The molecule has 2 fully saturated rings. The second kappa shape index (κ2) is 10.4. The molecule has 2 aromatic carbocycles. The Bertz CT molecular complexity index is 1130. The minimum absolute atomic E-state index is 0.0172. The van der Waals surface area contributed by atoms with Crippen LogP contribution in [0, 0.1) is 0 Å². The summed E-state index contributed by atoms with van der Waals surface area (Å²) < 4.78 is 39.0. The van der Waals surface area contributed by atoms with Gasteiger partial charge in [0.15, 0.2) is 0 Å². The Hall–Kier alpha value is -2.58. The molecule has 1 saturated heterocycles. The summed E-state index contributed by atoms with van der Waals surface area (Å²) in [5.41, 5.74) is 1.31. The van der Waals surface area contributed by atoms with Crippen LogP contribution in [0.25, 0.3) is 0 Å². The fourth-order valence-corrected chi connectivity index (χ4v) is 6.65. The van der Waals surface area contributed by atoms with E-state index in [1.54, 1.807) is 39.5 Å². The quantitative estimate of drug-likeness (QED) is 0.570. The molecule has 1 aliphatic heterocycles. The van der Waals surface area contributed by atoms with E-state index in [4.69, 9.17) is 9.47 Å². The molecule has 7 nitrogen and oxygen atoms in total. The van der Waals surface area contributed by atoms with Crippen LogP contribution in [-0.4, -0.2) is 57.4 Å². The topological polar surface area (TPSA) is 76.2 Å². The van der Waals surface area contributed by atoms with E-state index in [0.29, 0.717) is 23.6 Å². The Morgan fingerprint density at radius 1 is 0.971 bits per heavy atom. The van der Waals surface area contributed by atoms with Gasteiger partial charge < -0.3 is 14.4 Å². The maximum Gasteiger partial charge on any atom is 0.254 e. The molecular formula is C26H34N2O5S. The summed E-state index contributed by atoms with van der Waals surface area (Å²) in [6.07, 6.45) is 6.71. The molecule has 0 aromatic heterocycles. The maximum atomic E-state index is 13.6. The first-order chi connectivity index (χ1) is 16.4. The predicted molar refractivity (Wildman–Crippen MR) is 131 cm³/mol. The Balaban J connectivity index is 1.59. The molecule has 0 bridgehead atoms. The first-order valence-corrected chi connectivity index (χ1v) is 13.4. The van der Waals surface area contributed by atoms with Gasteiger partial charge in [-0.05, 0) is 56.0 Å². The third kappa shape index (κ3) is 4.79. The fourth-order valence-electron chi connectivity index (χ4n) is 5.19. The maximum absolute atomic E-state index is 13.6. The molecule has 0 radical (unpaired) electrons. The van der Waals surface area contributed by atoms with Crippen LogP contribution in [0.4, 0.5) is 0 Å². The van der Waals surface area contributed by atoms with Gasteiger partial charge in [-0.25, -0.2) is 8.42 Å². The second-order valence-corrected chi connectivity index (χ2v) is 11.1. The zero-order valence-electron chi connectivity index (χ0n) is 20.2. The van der Waals surface area contributed by atoms with Crippen molar-refractivity contribution in [2.75, 3.05) is 27.8 Å². The summed E-state index contributed by atoms with van der Waals surface area (Å²) in [7, 11) is 1.20. The van der Waals surface area contributed by atoms with Crippen LogP contribution in [0.3, 0.4) is 0 Å². The fraction of sp³-hybridized carbons (Fsp3) is 0.500. The van der Waals surface area contributed by atoms with Crippen LogP contribution in [0.1, 0.15) is 66.9 Å². The molecule has 1 unspecified atom stereocenters. The van der Waals surface area contributed by atoms with Gasteiger partial charge in [0, 0.05) is 36.8 Å². The molecule has 1 aliphatic carbocycles. The Morgan fingerprint density at radius 2 is 1.74 bits per heavy atom. The molecular weight excluding hydrogens is 452 g/mol. The van der Waals surface area contributed by atoms with Gasteiger partial charge in [-0.15, -0.1) is 0 Å². The van der Waals surface area contributed by atoms with E-state index < -0.39 is 10.0 Å². The van der Waals surface area contributed by atoms with Crippen LogP contribution in [0.5, 0.6) is 11.5 Å². The number of benzene rings is 2. The highest BCUT2D eigenvalue weighted by Crippen LogP contribution is 2.39. The highest BCUT2D eigenvalue weighted by molar-refractivity contribution is 7.89. The van der Waals surface area contributed by atoms with Gasteiger partial charge in [0.2, 0.25) is 10.0 Å². The molecule has 2 aromatic rings. The molecule has 2 aliphatic rings. The lowest BCUT2D eigenvalue weighted by Gasteiger charge is -2.30. The predicted octanol–water partition coefficient (Wildman–Crippen LogP) is 4.63. The SMILES string of the molecule is COc1ccc(C2CCCN2C(=O)c2cccc(S(=O)(=O)N(C)C3CCCCC3)c2)c(OC)c1. The zero-order chi connectivity index (χ0) is 24.3. The summed E-state index contributed by atoms with van der Waals surface area (Å²) >= 11 is 0. The van der Waals surface area contributed by atoms with E-state index in [1.807, 2.05) is 23.1 Å². The van der Waals surface area contributed by atoms with Crippen molar-refractivity contribution in [2.45, 2.75) is 61.9 Å². The van der Waals surface area contributed by atoms with E-state index in [2.05, 4.69) is 0 Å². The lowest BCUT2D eigenvalue weighted by atomic mass is 9.96. The van der Waals surface area contributed by atoms with Crippen molar-refractivity contribution in [1.29, 1.82) is 0 Å². The minimum Gasteiger partial charge on any atom is -0.497 e. The number of nitrogens with zero attached hydrogens (tertiary/aromatic N) is 2. The number of rotatable bonds is 7. The van der Waals surface area contributed by atoms with Gasteiger partial charge in [-0.3, -0.25) is 4.79 Å². The van der Waals surface area contributed by atoms with Crippen molar-refractivity contribution in [3.05, 3.63) is 53.6 Å². The van der Waals surface area contributed by atoms with Crippen molar-refractivity contribution in [3.8, 4) is 11.5 Å². The summed E-state index contributed by atoms with van der Waals surface area (Å²) in [5, 5.41) is 0. The van der Waals surface area contributed by atoms with Crippen LogP contribution in [0.2, 0.25) is 0 Å². The summed E-state index contributed by atoms with van der Waals surface area (Å²) in [5.74, 6) is 1.20. The third-order valence-corrected chi connectivity index (χ3v) is 9.07. The number of sulfonamides is 1. The lowest BCUT2D eigenvalue weighted by Crippen LogP contribution is -2.38. The van der Waals surface area contributed by atoms with Gasteiger partial charge in [-0.2, -0.15) is 4.31 Å². The summed E-state index contributed by atoms with van der Waals surface area (Å²) in [4.78, 5) is 15.5. The number of hydrogen-bond acceptors (Lipinski definition) is 5. The average molecular weight is 487 g/mol.